The van der Waals surface area contributed by atoms with Crippen LogP contribution in [0.25, 0.3) is 11.5 Å². The standard InChI is InChI=1S/C15H17N3O3S/c1-11-4-2-3-5-12(11)14-16-17-15(21-14)22-10-13(19)18-6-8-20-9-7-18/h2-5H,6-10H2,1H3. The maximum atomic E-state index is 12.1. The number of carbonyl (C=O) groups is 1. The van der Waals surface area contributed by atoms with E-state index in [2.05, 4.69) is 10.2 Å². The van der Waals surface area contributed by atoms with Gasteiger partial charge in [0.2, 0.25) is 11.8 Å². The highest BCUT2D eigenvalue weighted by atomic mass is 32.2. The zero-order chi connectivity index (χ0) is 15.4. The van der Waals surface area contributed by atoms with E-state index in [4.69, 9.17) is 9.15 Å². The minimum absolute atomic E-state index is 0.0731. The van der Waals surface area contributed by atoms with Crippen LogP contribution in [0.3, 0.4) is 0 Å². The molecule has 0 radical (unpaired) electrons. The number of hydrogen-bond donors (Lipinski definition) is 0. The van der Waals surface area contributed by atoms with Gasteiger partial charge in [0.15, 0.2) is 0 Å². The lowest BCUT2D eigenvalue weighted by Gasteiger charge is -2.26. The predicted octanol–water partition coefficient (Wildman–Crippen LogP) is 2.00. The lowest BCUT2D eigenvalue weighted by atomic mass is 10.1. The molecule has 0 saturated carbocycles. The molecule has 0 atom stereocenters. The normalized spacial score (nSPS) is 15.0. The van der Waals surface area contributed by atoms with Crippen LogP contribution in [0.15, 0.2) is 33.9 Å². The highest BCUT2D eigenvalue weighted by molar-refractivity contribution is 7.99. The highest BCUT2D eigenvalue weighted by Crippen LogP contribution is 2.25. The first-order valence-electron chi connectivity index (χ1n) is 7.12. The monoisotopic (exact) mass is 319 g/mol. The second-order valence-electron chi connectivity index (χ2n) is 4.97. The number of thioether (sulfide) groups is 1. The number of hydrogen-bond acceptors (Lipinski definition) is 6. The molecule has 0 N–H and O–H groups in total. The minimum Gasteiger partial charge on any atom is -0.411 e. The SMILES string of the molecule is Cc1ccccc1-c1nnc(SCC(=O)N2CCOCC2)o1. The third-order valence-corrected chi connectivity index (χ3v) is 4.27. The fraction of sp³-hybridized carbons (Fsp3) is 0.400. The van der Waals surface area contributed by atoms with Crippen LogP contribution in [0.5, 0.6) is 0 Å². The van der Waals surface area contributed by atoms with Gasteiger partial charge in [0.1, 0.15) is 0 Å². The molecule has 22 heavy (non-hydrogen) atoms. The lowest BCUT2D eigenvalue weighted by molar-refractivity contribution is -0.132. The van der Waals surface area contributed by atoms with Gasteiger partial charge < -0.3 is 14.1 Å². The van der Waals surface area contributed by atoms with Gasteiger partial charge in [0.05, 0.1) is 19.0 Å². The van der Waals surface area contributed by atoms with Crippen LogP contribution >= 0.6 is 11.8 Å². The van der Waals surface area contributed by atoms with Crippen LogP contribution in [0.1, 0.15) is 5.56 Å². The maximum Gasteiger partial charge on any atom is 0.277 e. The van der Waals surface area contributed by atoms with E-state index < -0.39 is 0 Å². The van der Waals surface area contributed by atoms with E-state index in [9.17, 15) is 4.79 Å². The predicted molar refractivity (Wildman–Crippen MR) is 82.6 cm³/mol. The molecule has 1 aliphatic heterocycles. The zero-order valence-corrected chi connectivity index (χ0v) is 13.1. The number of benzene rings is 1. The summed E-state index contributed by atoms with van der Waals surface area (Å²) in [5, 5.41) is 8.47. The molecule has 7 heteroatoms. The lowest BCUT2D eigenvalue weighted by Crippen LogP contribution is -2.41. The summed E-state index contributed by atoms with van der Waals surface area (Å²) < 4.78 is 10.9. The van der Waals surface area contributed by atoms with E-state index >= 15 is 0 Å². The van der Waals surface area contributed by atoms with Gasteiger partial charge in [-0.05, 0) is 18.6 Å². The molecule has 0 spiro atoms. The Morgan fingerprint density at radius 3 is 2.82 bits per heavy atom. The first kappa shape index (κ1) is 15.1. The highest BCUT2D eigenvalue weighted by Gasteiger charge is 2.18. The molecule has 0 aliphatic carbocycles. The average molecular weight is 319 g/mol. The Bertz CT molecular complexity index is 653. The third kappa shape index (κ3) is 3.48. The molecular formula is C15H17N3O3S. The van der Waals surface area contributed by atoms with Crippen LogP contribution in [-0.4, -0.2) is 53.1 Å². The van der Waals surface area contributed by atoms with Gasteiger partial charge in [-0.3, -0.25) is 4.79 Å². The quantitative estimate of drug-likeness (QED) is 0.803. The fourth-order valence-electron chi connectivity index (χ4n) is 2.22. The summed E-state index contributed by atoms with van der Waals surface area (Å²) in [7, 11) is 0. The van der Waals surface area contributed by atoms with Crippen molar-refractivity contribution in [2.24, 2.45) is 0 Å². The maximum absolute atomic E-state index is 12.1. The third-order valence-electron chi connectivity index (χ3n) is 3.46. The Kier molecular flexibility index (Phi) is 4.74. The van der Waals surface area contributed by atoms with Crippen LogP contribution in [0, 0.1) is 6.92 Å². The molecule has 6 nitrogen and oxygen atoms in total. The molecule has 0 bridgehead atoms. The first-order valence-corrected chi connectivity index (χ1v) is 8.10. The van der Waals surface area contributed by atoms with E-state index in [1.807, 2.05) is 31.2 Å². The topological polar surface area (TPSA) is 68.5 Å². The van der Waals surface area contributed by atoms with Crippen molar-refractivity contribution < 1.29 is 13.9 Å². The minimum atomic E-state index is 0.0731. The number of aromatic nitrogens is 2. The average Bonchev–Trinajstić information content (AvgIpc) is 3.02. The molecule has 1 aliphatic rings. The molecule has 1 amide bonds. The molecular weight excluding hydrogens is 302 g/mol. The zero-order valence-electron chi connectivity index (χ0n) is 12.3. The number of amides is 1. The Morgan fingerprint density at radius 2 is 2.05 bits per heavy atom. The second kappa shape index (κ2) is 6.93. The van der Waals surface area contributed by atoms with Gasteiger partial charge in [0, 0.05) is 18.7 Å². The summed E-state index contributed by atoms with van der Waals surface area (Å²) in [6.45, 7) is 4.51. The van der Waals surface area contributed by atoms with E-state index in [0.29, 0.717) is 43.2 Å². The van der Waals surface area contributed by atoms with E-state index in [0.717, 1.165) is 11.1 Å². The number of aryl methyl sites for hydroxylation is 1. The molecule has 0 unspecified atom stereocenters. The van der Waals surface area contributed by atoms with Crippen molar-refractivity contribution in [3.8, 4) is 11.5 Å². The molecule has 1 aromatic heterocycles. The van der Waals surface area contributed by atoms with Crippen molar-refractivity contribution in [2.75, 3.05) is 32.1 Å². The summed E-state index contributed by atoms with van der Waals surface area (Å²) in [5.74, 6) is 0.860. The molecule has 1 fully saturated rings. The van der Waals surface area contributed by atoms with Gasteiger partial charge in [-0.1, -0.05) is 30.0 Å². The summed E-state index contributed by atoms with van der Waals surface area (Å²) in [5.41, 5.74) is 1.99. The van der Waals surface area contributed by atoms with Gasteiger partial charge in [-0.25, -0.2) is 0 Å². The van der Waals surface area contributed by atoms with Gasteiger partial charge in [0.25, 0.3) is 5.22 Å². The van der Waals surface area contributed by atoms with Crippen molar-refractivity contribution in [1.29, 1.82) is 0 Å². The van der Waals surface area contributed by atoms with Crippen molar-refractivity contribution >= 4 is 17.7 Å². The second-order valence-corrected chi connectivity index (χ2v) is 5.90. The molecule has 1 aromatic carbocycles. The van der Waals surface area contributed by atoms with Crippen molar-refractivity contribution in [3.63, 3.8) is 0 Å². The first-order chi connectivity index (χ1) is 10.7. The van der Waals surface area contributed by atoms with Gasteiger partial charge in [-0.15, -0.1) is 10.2 Å². The molecule has 2 heterocycles. The number of rotatable bonds is 4. The van der Waals surface area contributed by atoms with Crippen LogP contribution in [0.4, 0.5) is 0 Å². The van der Waals surface area contributed by atoms with Crippen molar-refractivity contribution in [2.45, 2.75) is 12.1 Å². The number of carbonyl (C=O) groups excluding carboxylic acids is 1. The van der Waals surface area contributed by atoms with Gasteiger partial charge >= 0.3 is 0 Å². The number of ether oxygens (including phenoxy) is 1. The van der Waals surface area contributed by atoms with Crippen molar-refractivity contribution in [3.05, 3.63) is 29.8 Å². The van der Waals surface area contributed by atoms with Crippen LogP contribution in [-0.2, 0) is 9.53 Å². The van der Waals surface area contributed by atoms with E-state index in [1.54, 1.807) is 4.90 Å². The number of morpholine rings is 1. The smallest absolute Gasteiger partial charge is 0.277 e. The van der Waals surface area contributed by atoms with E-state index in [1.165, 1.54) is 11.8 Å². The van der Waals surface area contributed by atoms with E-state index in [-0.39, 0.29) is 5.91 Å². The molecule has 2 aromatic rings. The Hall–Kier alpha value is -1.86. The largest absolute Gasteiger partial charge is 0.411 e. The van der Waals surface area contributed by atoms with Gasteiger partial charge in [-0.2, -0.15) is 0 Å². The summed E-state index contributed by atoms with van der Waals surface area (Å²) in [6.07, 6.45) is 0. The molecule has 1 saturated heterocycles. The molecule has 116 valence electrons. The fourth-order valence-corrected chi connectivity index (χ4v) is 2.88. The van der Waals surface area contributed by atoms with Crippen LogP contribution < -0.4 is 0 Å². The van der Waals surface area contributed by atoms with Crippen LogP contribution in [0.2, 0.25) is 0 Å². The summed E-state index contributed by atoms with van der Waals surface area (Å²) >= 11 is 1.27. The number of nitrogens with zero attached hydrogens (tertiary/aromatic N) is 3. The Morgan fingerprint density at radius 1 is 1.27 bits per heavy atom. The Labute approximate surface area is 132 Å². The van der Waals surface area contributed by atoms with Crippen molar-refractivity contribution in [1.82, 2.24) is 15.1 Å². The molecule has 3 rings (SSSR count). The Balaban J connectivity index is 1.60. The summed E-state index contributed by atoms with van der Waals surface area (Å²) in [4.78, 5) is 13.9. The summed E-state index contributed by atoms with van der Waals surface area (Å²) in [6, 6.07) is 7.83.